The molecule has 6 nitrogen and oxygen atoms in total. The molecular weight excluding hydrogens is 464 g/mol. The number of aliphatic imine (C=N–C) groups is 1. The molecule has 1 atom stereocenters. The van der Waals surface area contributed by atoms with Crippen molar-refractivity contribution in [2.24, 2.45) is 10.4 Å². The lowest BCUT2D eigenvalue weighted by Crippen LogP contribution is -2.44. The molecular formula is C19H31FIN3O3. The summed E-state index contributed by atoms with van der Waals surface area (Å²) in [5, 5.41) is 15.9. The van der Waals surface area contributed by atoms with E-state index in [4.69, 9.17) is 9.47 Å². The maximum absolute atomic E-state index is 14.0. The van der Waals surface area contributed by atoms with Crippen LogP contribution in [-0.2, 0) is 11.3 Å². The summed E-state index contributed by atoms with van der Waals surface area (Å²) in [7, 11) is 0. The van der Waals surface area contributed by atoms with Crippen LogP contribution >= 0.6 is 24.0 Å². The van der Waals surface area contributed by atoms with Crippen LogP contribution in [0.25, 0.3) is 0 Å². The molecule has 1 aliphatic heterocycles. The quantitative estimate of drug-likeness (QED) is 0.279. The molecule has 8 heteroatoms. The molecule has 0 amide bonds. The second-order valence-corrected chi connectivity index (χ2v) is 6.52. The second kappa shape index (κ2) is 12.4. The van der Waals surface area contributed by atoms with Crippen molar-refractivity contribution < 1.29 is 19.0 Å². The Morgan fingerprint density at radius 1 is 1.37 bits per heavy atom. The first kappa shape index (κ1) is 23.9. The summed E-state index contributed by atoms with van der Waals surface area (Å²) < 4.78 is 24.7. The normalized spacial score (nSPS) is 19.5. The van der Waals surface area contributed by atoms with Crippen LogP contribution in [0.15, 0.2) is 23.2 Å². The van der Waals surface area contributed by atoms with Gasteiger partial charge in [-0.15, -0.1) is 24.0 Å². The topological polar surface area (TPSA) is 75.1 Å². The molecule has 1 aliphatic rings. The lowest BCUT2D eigenvalue weighted by molar-refractivity contribution is 0.127. The number of benzene rings is 1. The average molecular weight is 495 g/mol. The zero-order chi connectivity index (χ0) is 18.8. The standard InChI is InChI=1S/C19H30FN3O3.HI/c1-3-21-18(23-13-19(7-9-24)8-10-25-14-19)22-12-15-5-6-17(26-4-2)16(20)11-15;/h5-6,11,24H,3-4,7-10,12-14H2,1-2H3,(H2,21,22,23);1H. The first-order valence-electron chi connectivity index (χ1n) is 9.24. The van der Waals surface area contributed by atoms with Crippen LogP contribution < -0.4 is 15.4 Å². The number of rotatable bonds is 9. The Morgan fingerprint density at radius 2 is 2.19 bits per heavy atom. The van der Waals surface area contributed by atoms with Crippen LogP contribution in [0.3, 0.4) is 0 Å². The van der Waals surface area contributed by atoms with Gasteiger partial charge in [-0.05, 0) is 44.4 Å². The Balaban J connectivity index is 0.00000364. The number of halogens is 2. The van der Waals surface area contributed by atoms with Gasteiger partial charge in [0.1, 0.15) is 0 Å². The molecule has 1 unspecified atom stereocenters. The minimum Gasteiger partial charge on any atom is -0.491 e. The van der Waals surface area contributed by atoms with E-state index in [0.717, 1.165) is 25.1 Å². The first-order valence-corrected chi connectivity index (χ1v) is 9.24. The summed E-state index contributed by atoms with van der Waals surface area (Å²) in [5.74, 6) is 0.561. The Labute approximate surface area is 177 Å². The van der Waals surface area contributed by atoms with E-state index in [1.54, 1.807) is 6.07 Å². The lowest BCUT2D eigenvalue weighted by atomic mass is 9.84. The van der Waals surface area contributed by atoms with Gasteiger partial charge in [-0.2, -0.15) is 0 Å². The van der Waals surface area contributed by atoms with Crippen LogP contribution in [0, 0.1) is 11.2 Å². The van der Waals surface area contributed by atoms with E-state index in [9.17, 15) is 9.50 Å². The van der Waals surface area contributed by atoms with Gasteiger partial charge in [-0.1, -0.05) is 6.07 Å². The van der Waals surface area contributed by atoms with Crippen molar-refractivity contribution >= 4 is 29.9 Å². The summed E-state index contributed by atoms with van der Waals surface area (Å²) in [6, 6.07) is 4.91. The van der Waals surface area contributed by atoms with E-state index in [-0.39, 0.29) is 47.6 Å². The zero-order valence-corrected chi connectivity index (χ0v) is 18.4. The average Bonchev–Trinajstić information content (AvgIpc) is 3.09. The van der Waals surface area contributed by atoms with Crippen molar-refractivity contribution in [2.45, 2.75) is 33.2 Å². The number of hydrogen-bond acceptors (Lipinski definition) is 4. The third kappa shape index (κ3) is 7.42. The van der Waals surface area contributed by atoms with Gasteiger partial charge in [-0.25, -0.2) is 9.38 Å². The summed E-state index contributed by atoms with van der Waals surface area (Å²) in [6.45, 7) is 7.53. The van der Waals surface area contributed by atoms with Crippen LogP contribution in [0.5, 0.6) is 5.75 Å². The molecule has 0 aromatic heterocycles. The summed E-state index contributed by atoms with van der Waals surface area (Å²) in [5.41, 5.74) is 0.716. The molecule has 1 fully saturated rings. The van der Waals surface area contributed by atoms with E-state index < -0.39 is 0 Å². The number of guanidine groups is 1. The van der Waals surface area contributed by atoms with Crippen LogP contribution in [0.1, 0.15) is 32.3 Å². The first-order chi connectivity index (χ1) is 12.6. The van der Waals surface area contributed by atoms with Crippen molar-refractivity contribution in [1.82, 2.24) is 10.6 Å². The second-order valence-electron chi connectivity index (χ2n) is 6.52. The molecule has 0 aliphatic carbocycles. The van der Waals surface area contributed by atoms with Gasteiger partial charge in [0.25, 0.3) is 0 Å². The summed E-state index contributed by atoms with van der Waals surface area (Å²) >= 11 is 0. The molecule has 1 aromatic rings. The van der Waals surface area contributed by atoms with E-state index in [1.165, 1.54) is 6.07 Å². The van der Waals surface area contributed by atoms with Crippen molar-refractivity contribution in [3.8, 4) is 5.75 Å². The molecule has 1 heterocycles. The fraction of sp³-hybridized carbons (Fsp3) is 0.632. The number of nitrogens with one attached hydrogen (secondary N) is 2. The molecule has 2 rings (SSSR count). The number of ether oxygens (including phenoxy) is 2. The van der Waals surface area contributed by atoms with Crippen LogP contribution in [0.4, 0.5) is 4.39 Å². The van der Waals surface area contributed by atoms with Crippen LogP contribution in [-0.4, -0.2) is 50.6 Å². The molecule has 1 aromatic carbocycles. The fourth-order valence-corrected chi connectivity index (χ4v) is 3.01. The highest BCUT2D eigenvalue weighted by Gasteiger charge is 2.34. The van der Waals surface area contributed by atoms with Gasteiger partial charge in [0, 0.05) is 31.7 Å². The summed E-state index contributed by atoms with van der Waals surface area (Å²) in [4.78, 5) is 4.54. The molecule has 27 heavy (non-hydrogen) atoms. The molecule has 1 saturated heterocycles. The van der Waals surface area contributed by atoms with Gasteiger partial charge >= 0.3 is 0 Å². The summed E-state index contributed by atoms with van der Waals surface area (Å²) in [6.07, 6.45) is 1.62. The Morgan fingerprint density at radius 3 is 2.78 bits per heavy atom. The number of nitrogens with zero attached hydrogens (tertiary/aromatic N) is 1. The van der Waals surface area contributed by atoms with Crippen LogP contribution in [0.2, 0.25) is 0 Å². The van der Waals surface area contributed by atoms with E-state index >= 15 is 0 Å². The van der Waals surface area contributed by atoms with E-state index in [2.05, 4.69) is 15.6 Å². The van der Waals surface area contributed by atoms with Gasteiger partial charge in [0.15, 0.2) is 17.5 Å². The Hall–Kier alpha value is -1.13. The molecule has 0 radical (unpaired) electrons. The maximum Gasteiger partial charge on any atom is 0.191 e. The Kier molecular flexibility index (Phi) is 10.9. The van der Waals surface area contributed by atoms with Gasteiger partial charge in [-0.3, -0.25) is 0 Å². The lowest BCUT2D eigenvalue weighted by Gasteiger charge is -2.27. The van der Waals surface area contributed by atoms with E-state index in [1.807, 2.05) is 19.9 Å². The van der Waals surface area contributed by atoms with Gasteiger partial charge < -0.3 is 25.2 Å². The SMILES string of the molecule is CCNC(=NCc1ccc(OCC)c(F)c1)NCC1(CCO)CCOC1.I. The highest BCUT2D eigenvalue weighted by atomic mass is 127. The third-order valence-electron chi connectivity index (χ3n) is 4.52. The number of aliphatic hydroxyl groups excluding tert-OH is 1. The number of hydrogen-bond donors (Lipinski definition) is 3. The Bertz CT molecular complexity index is 596. The third-order valence-corrected chi connectivity index (χ3v) is 4.52. The molecule has 0 saturated carbocycles. The number of aliphatic hydroxyl groups is 1. The van der Waals surface area contributed by atoms with Crippen molar-refractivity contribution in [2.75, 3.05) is 39.5 Å². The maximum atomic E-state index is 14.0. The highest BCUT2D eigenvalue weighted by Crippen LogP contribution is 2.31. The predicted molar refractivity (Wildman–Crippen MR) is 115 cm³/mol. The predicted octanol–water partition coefficient (Wildman–Crippen LogP) is 2.69. The molecule has 0 spiro atoms. The largest absolute Gasteiger partial charge is 0.491 e. The molecule has 154 valence electrons. The smallest absolute Gasteiger partial charge is 0.191 e. The highest BCUT2D eigenvalue weighted by molar-refractivity contribution is 14.0. The minimum atomic E-state index is -0.373. The van der Waals surface area contributed by atoms with Crippen molar-refractivity contribution in [1.29, 1.82) is 0 Å². The zero-order valence-electron chi connectivity index (χ0n) is 16.1. The van der Waals surface area contributed by atoms with Gasteiger partial charge in [0.2, 0.25) is 0 Å². The fourth-order valence-electron chi connectivity index (χ4n) is 3.01. The monoisotopic (exact) mass is 495 g/mol. The van der Waals surface area contributed by atoms with Crippen molar-refractivity contribution in [3.05, 3.63) is 29.6 Å². The van der Waals surface area contributed by atoms with Gasteiger partial charge in [0.05, 0.1) is 19.8 Å². The van der Waals surface area contributed by atoms with E-state index in [0.29, 0.717) is 38.7 Å². The molecule has 0 bridgehead atoms. The van der Waals surface area contributed by atoms with Crippen molar-refractivity contribution in [3.63, 3.8) is 0 Å². The molecule has 3 N–H and O–H groups in total. The minimum absolute atomic E-state index is 0.